The van der Waals surface area contributed by atoms with Gasteiger partial charge in [0.05, 0.1) is 0 Å². The topological polar surface area (TPSA) is 93.2 Å². The molecule has 0 unspecified atom stereocenters. The Hall–Kier alpha value is -1.28. The average Bonchev–Trinajstić information content (AvgIpc) is 2.73. The lowest BCUT2D eigenvalue weighted by atomic mass is 10.2. The second kappa shape index (κ2) is 6.23. The SMILES string of the molecule is CCCCn1nc(N2CCN[C@H](C)C2)c(S(C)(=O)=O)c1N. The van der Waals surface area contributed by atoms with Crippen LogP contribution in [0.2, 0.25) is 0 Å². The largest absolute Gasteiger partial charge is 0.383 e. The first-order valence-corrected chi connectivity index (χ1v) is 9.28. The van der Waals surface area contributed by atoms with Crippen molar-refractivity contribution in [2.75, 3.05) is 36.5 Å². The summed E-state index contributed by atoms with van der Waals surface area (Å²) in [4.78, 5) is 2.18. The highest BCUT2D eigenvalue weighted by molar-refractivity contribution is 7.91. The molecular formula is C13H25N5O2S. The van der Waals surface area contributed by atoms with Crippen LogP contribution in [0.25, 0.3) is 0 Å². The minimum absolute atomic E-state index is 0.174. The average molecular weight is 315 g/mol. The highest BCUT2D eigenvalue weighted by Crippen LogP contribution is 2.30. The summed E-state index contributed by atoms with van der Waals surface area (Å²) in [5.74, 6) is 0.756. The fraction of sp³-hybridized carbons (Fsp3) is 0.769. The molecule has 0 radical (unpaired) electrons. The third kappa shape index (κ3) is 3.49. The molecule has 1 aromatic rings. The molecule has 8 heteroatoms. The summed E-state index contributed by atoms with van der Waals surface area (Å²) in [6.07, 6.45) is 3.12. The normalized spacial score (nSPS) is 20.0. The molecule has 2 rings (SSSR count). The Balaban J connectivity index is 2.43. The van der Waals surface area contributed by atoms with Crippen LogP contribution in [0, 0.1) is 0 Å². The van der Waals surface area contributed by atoms with Crippen molar-refractivity contribution >= 4 is 21.5 Å². The number of nitrogens with two attached hydrogens (primary N) is 1. The summed E-state index contributed by atoms with van der Waals surface area (Å²) in [6.45, 7) is 7.07. The lowest BCUT2D eigenvalue weighted by Crippen LogP contribution is -2.49. The lowest BCUT2D eigenvalue weighted by Gasteiger charge is -2.32. The number of hydrogen-bond acceptors (Lipinski definition) is 6. The Morgan fingerprint density at radius 3 is 2.76 bits per heavy atom. The van der Waals surface area contributed by atoms with Crippen LogP contribution < -0.4 is 16.0 Å². The fourth-order valence-corrected chi connectivity index (χ4v) is 3.60. The summed E-state index contributed by atoms with van der Waals surface area (Å²) in [7, 11) is -3.41. The van der Waals surface area contributed by atoms with Gasteiger partial charge in [0, 0.05) is 38.5 Å². The van der Waals surface area contributed by atoms with Gasteiger partial charge in [-0.05, 0) is 13.3 Å². The first-order chi connectivity index (χ1) is 9.84. The van der Waals surface area contributed by atoms with Crippen LogP contribution in [0.1, 0.15) is 26.7 Å². The van der Waals surface area contributed by atoms with Crippen LogP contribution in [-0.4, -0.2) is 50.1 Å². The van der Waals surface area contributed by atoms with E-state index >= 15 is 0 Å². The minimum Gasteiger partial charge on any atom is -0.383 e. The van der Waals surface area contributed by atoms with E-state index in [1.54, 1.807) is 4.68 Å². The van der Waals surface area contributed by atoms with Gasteiger partial charge in [-0.1, -0.05) is 13.3 Å². The zero-order valence-electron chi connectivity index (χ0n) is 13.0. The molecule has 1 atom stereocenters. The van der Waals surface area contributed by atoms with Gasteiger partial charge in [0.1, 0.15) is 5.82 Å². The monoisotopic (exact) mass is 315 g/mol. The molecule has 1 aromatic heterocycles. The van der Waals surface area contributed by atoms with Crippen LogP contribution >= 0.6 is 0 Å². The number of anilines is 2. The van der Waals surface area contributed by atoms with Crippen molar-refractivity contribution in [3.63, 3.8) is 0 Å². The summed E-state index contributed by atoms with van der Waals surface area (Å²) < 4.78 is 25.8. The van der Waals surface area contributed by atoms with Gasteiger partial charge < -0.3 is 16.0 Å². The van der Waals surface area contributed by atoms with E-state index in [9.17, 15) is 8.42 Å². The highest BCUT2D eigenvalue weighted by Gasteiger charge is 2.29. The van der Waals surface area contributed by atoms with Crippen LogP contribution in [-0.2, 0) is 16.4 Å². The van der Waals surface area contributed by atoms with Crippen LogP contribution in [0.4, 0.5) is 11.6 Å². The van der Waals surface area contributed by atoms with Gasteiger partial charge in [-0.2, -0.15) is 5.10 Å². The molecule has 1 fully saturated rings. The number of aromatic nitrogens is 2. The third-order valence-corrected chi connectivity index (χ3v) is 4.83. The first-order valence-electron chi connectivity index (χ1n) is 7.39. The van der Waals surface area contributed by atoms with Gasteiger partial charge >= 0.3 is 0 Å². The molecule has 0 bridgehead atoms. The van der Waals surface area contributed by atoms with Gasteiger partial charge in [-0.25, -0.2) is 13.1 Å². The number of sulfone groups is 1. The molecule has 0 amide bonds. The van der Waals surface area contributed by atoms with Crippen LogP contribution in [0.5, 0.6) is 0 Å². The van der Waals surface area contributed by atoms with Crippen LogP contribution in [0.15, 0.2) is 4.90 Å². The van der Waals surface area contributed by atoms with Gasteiger partial charge in [0.25, 0.3) is 0 Å². The molecule has 1 aliphatic heterocycles. The predicted molar refractivity (Wildman–Crippen MR) is 84.3 cm³/mol. The first kappa shape index (κ1) is 16.1. The van der Waals surface area contributed by atoms with Gasteiger partial charge in [0.15, 0.2) is 20.6 Å². The maximum Gasteiger partial charge on any atom is 0.182 e. The summed E-state index contributed by atoms with van der Waals surface area (Å²) in [5.41, 5.74) is 6.05. The van der Waals surface area contributed by atoms with Crippen molar-refractivity contribution in [2.24, 2.45) is 0 Å². The smallest absolute Gasteiger partial charge is 0.182 e. The zero-order chi connectivity index (χ0) is 15.6. The maximum absolute atomic E-state index is 12.1. The van der Waals surface area contributed by atoms with E-state index in [4.69, 9.17) is 5.73 Å². The molecular weight excluding hydrogens is 290 g/mol. The Morgan fingerprint density at radius 1 is 1.48 bits per heavy atom. The zero-order valence-corrected chi connectivity index (χ0v) is 13.8. The lowest BCUT2D eigenvalue weighted by molar-refractivity contribution is 0.477. The fourth-order valence-electron chi connectivity index (χ4n) is 2.61. The summed E-state index contributed by atoms with van der Waals surface area (Å²) in [6, 6.07) is 0.299. The number of hydrogen-bond donors (Lipinski definition) is 2. The molecule has 0 aliphatic carbocycles. The molecule has 0 saturated carbocycles. The van der Waals surface area contributed by atoms with Crippen molar-refractivity contribution in [2.45, 2.75) is 44.2 Å². The number of piperazine rings is 1. The van der Waals surface area contributed by atoms with E-state index in [1.807, 2.05) is 4.90 Å². The molecule has 21 heavy (non-hydrogen) atoms. The van der Waals surface area contributed by atoms with E-state index in [2.05, 4.69) is 24.3 Å². The number of rotatable bonds is 5. The third-order valence-electron chi connectivity index (χ3n) is 3.69. The Morgan fingerprint density at radius 2 is 2.19 bits per heavy atom. The van der Waals surface area contributed by atoms with E-state index in [0.29, 0.717) is 18.4 Å². The summed E-state index contributed by atoms with van der Waals surface area (Å²) in [5, 5.41) is 7.82. The Bertz CT molecular complexity index is 596. The molecule has 0 spiro atoms. The Kier molecular flexibility index (Phi) is 4.77. The number of aryl methyl sites for hydroxylation is 1. The predicted octanol–water partition coefficient (Wildman–Crippen LogP) is 0.467. The number of nitrogens with one attached hydrogen (secondary N) is 1. The molecule has 3 N–H and O–H groups in total. The number of nitrogen functional groups attached to an aromatic ring is 1. The maximum atomic E-state index is 12.1. The molecule has 1 saturated heterocycles. The van der Waals surface area contributed by atoms with Crippen molar-refractivity contribution in [3.05, 3.63) is 0 Å². The second-order valence-electron chi connectivity index (χ2n) is 5.69. The van der Waals surface area contributed by atoms with Crippen molar-refractivity contribution in [3.8, 4) is 0 Å². The van der Waals surface area contributed by atoms with Crippen molar-refractivity contribution < 1.29 is 8.42 Å². The number of unbranched alkanes of at least 4 members (excludes halogenated alkanes) is 1. The number of nitrogens with zero attached hydrogens (tertiary/aromatic N) is 3. The molecule has 0 aromatic carbocycles. The van der Waals surface area contributed by atoms with Crippen molar-refractivity contribution in [1.82, 2.24) is 15.1 Å². The molecule has 1 aliphatic rings. The van der Waals surface area contributed by atoms with Gasteiger partial charge in [-0.3, -0.25) is 0 Å². The Labute approximate surface area is 126 Å². The van der Waals surface area contributed by atoms with E-state index in [1.165, 1.54) is 6.26 Å². The molecule has 120 valence electrons. The van der Waals surface area contributed by atoms with E-state index in [-0.39, 0.29) is 10.7 Å². The van der Waals surface area contributed by atoms with Crippen LogP contribution in [0.3, 0.4) is 0 Å². The van der Waals surface area contributed by atoms with Gasteiger partial charge in [-0.15, -0.1) is 0 Å². The van der Waals surface area contributed by atoms with E-state index in [0.717, 1.165) is 32.5 Å². The van der Waals surface area contributed by atoms with E-state index < -0.39 is 9.84 Å². The standard InChI is InChI=1S/C13H25N5O2S/c1-4-5-7-18-12(14)11(21(3,19)20)13(16-18)17-8-6-15-10(2)9-17/h10,15H,4-9,14H2,1-3H3/t10-/m1/s1. The molecule has 7 nitrogen and oxygen atoms in total. The molecule has 2 heterocycles. The minimum atomic E-state index is -3.41. The highest BCUT2D eigenvalue weighted by atomic mass is 32.2. The van der Waals surface area contributed by atoms with Crippen molar-refractivity contribution in [1.29, 1.82) is 0 Å². The summed E-state index contributed by atoms with van der Waals surface area (Å²) >= 11 is 0. The van der Waals surface area contributed by atoms with Gasteiger partial charge in [0.2, 0.25) is 0 Å². The quantitative estimate of drug-likeness (QED) is 0.820. The second-order valence-corrected chi connectivity index (χ2v) is 7.64.